The van der Waals surface area contributed by atoms with Crippen molar-refractivity contribution in [3.05, 3.63) is 108 Å². The topological polar surface area (TPSA) is 77.2 Å². The molecule has 1 amide bonds. The van der Waals surface area contributed by atoms with Crippen molar-refractivity contribution in [3.63, 3.8) is 0 Å². The molecular formula is C35H35N3O2S2. The van der Waals surface area contributed by atoms with Crippen molar-refractivity contribution < 1.29 is 9.53 Å². The quantitative estimate of drug-likeness (QED) is 0.0875. The molecule has 214 valence electrons. The Hall–Kier alpha value is -3.81. The highest BCUT2D eigenvalue weighted by molar-refractivity contribution is 8.01. The van der Waals surface area contributed by atoms with E-state index in [1.165, 1.54) is 16.7 Å². The maximum Gasteiger partial charge on any atom is 0.235 e. The third-order valence-corrected chi connectivity index (χ3v) is 10.4. The zero-order chi connectivity index (χ0) is 28.9. The number of nitrogens with two attached hydrogens (primary N) is 1. The van der Waals surface area contributed by atoms with Gasteiger partial charge in [-0.05, 0) is 77.4 Å². The van der Waals surface area contributed by atoms with Gasteiger partial charge in [-0.2, -0.15) is 0 Å². The number of hydrogen-bond donors (Lipinski definition) is 2. The van der Waals surface area contributed by atoms with Crippen molar-refractivity contribution in [2.24, 2.45) is 0 Å². The van der Waals surface area contributed by atoms with E-state index in [-0.39, 0.29) is 5.91 Å². The first-order valence-corrected chi connectivity index (χ1v) is 16.3. The highest BCUT2D eigenvalue weighted by atomic mass is 32.2. The number of carbonyl (C=O) groups is 1. The van der Waals surface area contributed by atoms with Crippen LogP contribution in [0.2, 0.25) is 0 Å². The van der Waals surface area contributed by atoms with Crippen LogP contribution in [0.1, 0.15) is 42.4 Å². The first-order chi connectivity index (χ1) is 20.6. The minimum absolute atomic E-state index is 0.0940. The van der Waals surface area contributed by atoms with E-state index in [0.29, 0.717) is 6.54 Å². The Morgan fingerprint density at radius 3 is 2.36 bits per heavy atom. The lowest BCUT2D eigenvalue weighted by Crippen LogP contribution is -2.45. The number of amides is 1. The van der Waals surface area contributed by atoms with Crippen LogP contribution in [0.4, 0.5) is 5.69 Å². The van der Waals surface area contributed by atoms with Gasteiger partial charge in [-0.15, -0.1) is 11.3 Å². The molecule has 1 aromatic heterocycles. The zero-order valence-corrected chi connectivity index (χ0v) is 25.4. The van der Waals surface area contributed by atoms with Gasteiger partial charge in [0.1, 0.15) is 11.2 Å². The summed E-state index contributed by atoms with van der Waals surface area (Å²) in [6.07, 6.45) is 4.63. The summed E-state index contributed by atoms with van der Waals surface area (Å²) in [7, 11) is 1.67. The van der Waals surface area contributed by atoms with Crippen molar-refractivity contribution in [1.29, 1.82) is 0 Å². The number of benzene rings is 4. The maximum atomic E-state index is 14.2. The van der Waals surface area contributed by atoms with Gasteiger partial charge in [0.25, 0.3) is 0 Å². The van der Waals surface area contributed by atoms with Crippen LogP contribution in [0.25, 0.3) is 21.3 Å². The fourth-order valence-electron chi connectivity index (χ4n) is 6.03. The largest absolute Gasteiger partial charge is 0.497 e. The zero-order valence-electron chi connectivity index (χ0n) is 23.8. The molecular weight excluding hydrogens is 559 g/mol. The molecule has 1 aliphatic carbocycles. The van der Waals surface area contributed by atoms with Gasteiger partial charge in [-0.3, -0.25) is 4.79 Å². The summed E-state index contributed by atoms with van der Waals surface area (Å²) in [6.45, 7) is 0.585. The Bertz CT molecular complexity index is 1650. The average Bonchev–Trinajstić information content (AvgIpc) is 3.56. The molecule has 7 heteroatoms. The summed E-state index contributed by atoms with van der Waals surface area (Å²) in [5.41, 5.74) is 12.8. The molecule has 6 rings (SSSR count). The van der Waals surface area contributed by atoms with Crippen LogP contribution in [0.3, 0.4) is 0 Å². The smallest absolute Gasteiger partial charge is 0.235 e. The minimum atomic E-state index is -0.687. The number of rotatable bonds is 12. The fraction of sp³-hybridized carbons (Fsp3) is 0.257. The Morgan fingerprint density at radius 2 is 1.64 bits per heavy atom. The normalized spacial score (nSPS) is 13.1. The molecule has 1 heterocycles. The van der Waals surface area contributed by atoms with E-state index in [2.05, 4.69) is 66.0 Å². The number of ether oxygens (including phenoxy) is 1. The third-order valence-electron chi connectivity index (χ3n) is 8.12. The highest BCUT2D eigenvalue weighted by Gasteiger charge is 2.48. The first kappa shape index (κ1) is 28.3. The molecule has 0 saturated carbocycles. The maximum absolute atomic E-state index is 14.2. The number of unbranched alkanes of at least 4 members (excludes halogenated alkanes) is 2. The summed E-state index contributed by atoms with van der Waals surface area (Å²) in [5, 5.41) is 3.32. The van der Waals surface area contributed by atoms with E-state index < -0.39 is 5.41 Å². The van der Waals surface area contributed by atoms with Gasteiger partial charge >= 0.3 is 0 Å². The van der Waals surface area contributed by atoms with Crippen LogP contribution >= 0.6 is 23.1 Å². The van der Waals surface area contributed by atoms with Crippen LogP contribution in [-0.2, 0) is 16.6 Å². The van der Waals surface area contributed by atoms with Crippen molar-refractivity contribution in [2.45, 2.75) is 41.9 Å². The number of nitrogens with one attached hydrogen (secondary N) is 1. The molecule has 0 spiro atoms. The molecule has 0 bridgehead atoms. The van der Waals surface area contributed by atoms with Crippen LogP contribution in [-0.4, -0.2) is 30.3 Å². The Kier molecular flexibility index (Phi) is 8.49. The van der Waals surface area contributed by atoms with Crippen LogP contribution in [0.15, 0.2) is 95.3 Å². The molecule has 5 aromatic rings. The molecule has 0 saturated heterocycles. The molecule has 3 N–H and O–H groups in total. The van der Waals surface area contributed by atoms with Gasteiger partial charge in [0.05, 0.1) is 17.3 Å². The molecule has 0 radical (unpaired) electrons. The summed E-state index contributed by atoms with van der Waals surface area (Å²) >= 11 is 3.51. The molecule has 0 unspecified atom stereocenters. The van der Waals surface area contributed by atoms with E-state index in [0.717, 1.165) is 75.0 Å². The van der Waals surface area contributed by atoms with Crippen molar-refractivity contribution in [1.82, 2.24) is 10.3 Å². The van der Waals surface area contributed by atoms with Crippen molar-refractivity contribution in [2.75, 3.05) is 25.1 Å². The predicted molar refractivity (Wildman–Crippen MR) is 176 cm³/mol. The number of nitrogen functional groups attached to an aromatic ring is 1. The van der Waals surface area contributed by atoms with E-state index in [4.69, 9.17) is 15.5 Å². The Labute approximate surface area is 255 Å². The van der Waals surface area contributed by atoms with Gasteiger partial charge in [0.2, 0.25) is 5.91 Å². The van der Waals surface area contributed by atoms with Gasteiger partial charge in [-0.1, -0.05) is 85.3 Å². The van der Waals surface area contributed by atoms with Gasteiger partial charge in [-0.25, -0.2) is 4.98 Å². The monoisotopic (exact) mass is 593 g/mol. The van der Waals surface area contributed by atoms with Crippen molar-refractivity contribution >= 4 is 44.9 Å². The van der Waals surface area contributed by atoms with E-state index >= 15 is 0 Å². The number of thioether (sulfide) groups is 1. The minimum Gasteiger partial charge on any atom is -0.497 e. The Balaban J connectivity index is 1.13. The van der Waals surface area contributed by atoms with E-state index in [1.807, 2.05) is 42.1 Å². The standard InChI is InChI=1S/C35H35N3O2S2/c1-40-26-16-13-24(14-17-26)19-21-37-33(39)35(29-11-5-3-9-27(29)28-10-4-6-12-30(28)35)20-7-2-8-22-41-34-38-31-18-15-25(36)23-32(31)42-34/h3-6,9-18,23H,2,7-8,19-22,36H2,1H3,(H,37,39). The van der Waals surface area contributed by atoms with Gasteiger partial charge in [0, 0.05) is 18.0 Å². The van der Waals surface area contributed by atoms with E-state index in [9.17, 15) is 4.79 Å². The number of carbonyl (C=O) groups excluding carboxylic acids is 1. The number of aromatic nitrogens is 1. The summed E-state index contributed by atoms with van der Waals surface area (Å²) in [6, 6.07) is 30.8. The number of nitrogens with zero attached hydrogens (tertiary/aromatic N) is 1. The molecule has 5 nitrogen and oxygen atoms in total. The number of methoxy groups -OCH3 is 1. The predicted octanol–water partition coefficient (Wildman–Crippen LogP) is 7.87. The molecule has 0 fully saturated rings. The first-order valence-electron chi connectivity index (χ1n) is 14.5. The van der Waals surface area contributed by atoms with Gasteiger partial charge < -0.3 is 15.8 Å². The average molecular weight is 594 g/mol. The van der Waals surface area contributed by atoms with Crippen LogP contribution < -0.4 is 15.8 Å². The van der Waals surface area contributed by atoms with Gasteiger partial charge in [0.15, 0.2) is 4.34 Å². The van der Waals surface area contributed by atoms with Crippen LogP contribution in [0.5, 0.6) is 5.75 Å². The summed E-state index contributed by atoms with van der Waals surface area (Å²) in [4.78, 5) is 19.0. The third kappa shape index (κ3) is 5.63. The number of anilines is 1. The molecule has 1 aliphatic rings. The molecule has 0 atom stereocenters. The number of hydrogen-bond acceptors (Lipinski definition) is 6. The Morgan fingerprint density at radius 1 is 0.929 bits per heavy atom. The summed E-state index contributed by atoms with van der Waals surface area (Å²) < 4.78 is 7.50. The van der Waals surface area contributed by atoms with Crippen LogP contribution in [0, 0.1) is 0 Å². The molecule has 0 aliphatic heterocycles. The number of fused-ring (bicyclic) bond motifs is 4. The highest BCUT2D eigenvalue weighted by Crippen LogP contribution is 2.51. The second-order valence-electron chi connectivity index (χ2n) is 10.7. The fourth-order valence-corrected chi connectivity index (χ4v) is 8.21. The SMILES string of the molecule is COc1ccc(CCNC(=O)C2(CCCCCSc3nc4ccc(N)cc4s3)c3ccccc3-c3ccccc32)cc1. The van der Waals surface area contributed by atoms with Crippen molar-refractivity contribution in [3.8, 4) is 16.9 Å². The lowest BCUT2D eigenvalue weighted by atomic mass is 9.73. The van der Waals surface area contributed by atoms with E-state index in [1.54, 1.807) is 18.4 Å². The second kappa shape index (κ2) is 12.6. The second-order valence-corrected chi connectivity index (χ2v) is 13.1. The summed E-state index contributed by atoms with van der Waals surface area (Å²) in [5.74, 6) is 1.94. The molecule has 4 aromatic carbocycles. The lowest BCUT2D eigenvalue weighted by molar-refractivity contribution is -0.125. The molecule has 42 heavy (non-hydrogen) atoms. The number of thiazole rings is 1. The lowest BCUT2D eigenvalue weighted by Gasteiger charge is -2.31.